The largest absolute Gasteiger partial charge is 0.496 e. The Hall–Kier alpha value is -2.02. The number of methoxy groups -OCH3 is 2. The smallest absolute Gasteiger partial charge is 0.297 e. The summed E-state index contributed by atoms with van der Waals surface area (Å²) in [5.74, 6) is 0.411. The first-order chi connectivity index (χ1) is 8.63. The number of hydrogen-bond acceptors (Lipinski definition) is 5. The summed E-state index contributed by atoms with van der Waals surface area (Å²) in [6, 6.07) is 4.31. The van der Waals surface area contributed by atoms with Crippen LogP contribution >= 0.6 is 12.2 Å². The summed E-state index contributed by atoms with van der Waals surface area (Å²) in [7, 11) is 2.93. The van der Waals surface area contributed by atoms with Gasteiger partial charge in [-0.1, -0.05) is 0 Å². The number of hydrogen-bond donors (Lipinski definition) is 1. The van der Waals surface area contributed by atoms with E-state index >= 15 is 0 Å². The summed E-state index contributed by atoms with van der Waals surface area (Å²) in [5.41, 5.74) is 0.448. The van der Waals surface area contributed by atoms with Gasteiger partial charge in [0.05, 0.1) is 19.8 Å². The highest BCUT2D eigenvalue weighted by atomic mass is 32.1. The van der Waals surface area contributed by atoms with Crippen LogP contribution < -0.4 is 9.47 Å². The minimum absolute atomic E-state index is 0.104. The predicted octanol–water partition coefficient (Wildman–Crippen LogP) is 2.36. The van der Waals surface area contributed by atoms with Crippen molar-refractivity contribution in [1.82, 2.24) is 15.0 Å². The van der Waals surface area contributed by atoms with E-state index < -0.39 is 5.82 Å². The standard InChI is InChI=1S/C11H10FN3O2S/c1-16-8-4-3-6(12)5-7(8)9-13-10(17-2)15-11(18)14-9/h3-5H,1-2H3,(H,13,14,15,18). The highest BCUT2D eigenvalue weighted by Crippen LogP contribution is 2.28. The molecule has 7 heteroatoms. The maximum Gasteiger partial charge on any atom is 0.297 e. The van der Waals surface area contributed by atoms with E-state index in [0.717, 1.165) is 0 Å². The van der Waals surface area contributed by atoms with Crippen molar-refractivity contribution in [3.05, 3.63) is 28.8 Å². The molecule has 0 radical (unpaired) electrons. The molecule has 0 bridgehead atoms. The van der Waals surface area contributed by atoms with E-state index in [2.05, 4.69) is 15.0 Å². The van der Waals surface area contributed by atoms with E-state index in [0.29, 0.717) is 17.1 Å². The van der Waals surface area contributed by atoms with Gasteiger partial charge in [0.2, 0.25) is 4.77 Å². The molecule has 0 saturated heterocycles. The minimum Gasteiger partial charge on any atom is -0.496 e. The predicted molar refractivity (Wildman–Crippen MR) is 65.7 cm³/mol. The molecule has 0 atom stereocenters. The third-order valence-corrected chi connectivity index (χ3v) is 2.42. The normalized spacial score (nSPS) is 10.2. The Labute approximate surface area is 108 Å². The molecule has 94 valence electrons. The fourth-order valence-electron chi connectivity index (χ4n) is 1.45. The van der Waals surface area contributed by atoms with Gasteiger partial charge in [-0.3, -0.25) is 4.98 Å². The van der Waals surface area contributed by atoms with Gasteiger partial charge < -0.3 is 9.47 Å². The van der Waals surface area contributed by atoms with Gasteiger partial charge in [-0.2, -0.15) is 9.97 Å². The van der Waals surface area contributed by atoms with Gasteiger partial charge in [-0.15, -0.1) is 0 Å². The number of halogens is 1. The molecular formula is C11H10FN3O2S. The number of aromatic nitrogens is 3. The SMILES string of the molecule is COc1nc(=S)nc(-c2cc(F)ccc2OC)[nH]1. The monoisotopic (exact) mass is 267 g/mol. The zero-order valence-electron chi connectivity index (χ0n) is 9.73. The number of aromatic amines is 1. The van der Waals surface area contributed by atoms with Crippen LogP contribution in [0.2, 0.25) is 0 Å². The topological polar surface area (TPSA) is 60.0 Å². The number of H-pyrrole nitrogens is 1. The van der Waals surface area contributed by atoms with Gasteiger partial charge in [0.25, 0.3) is 6.01 Å². The van der Waals surface area contributed by atoms with Crippen LogP contribution in [-0.2, 0) is 0 Å². The van der Waals surface area contributed by atoms with Crippen LogP contribution in [0.5, 0.6) is 11.8 Å². The van der Waals surface area contributed by atoms with Crippen LogP contribution in [0.3, 0.4) is 0 Å². The maximum absolute atomic E-state index is 13.3. The average molecular weight is 267 g/mol. The molecule has 0 aliphatic rings. The first-order valence-corrected chi connectivity index (χ1v) is 5.41. The third kappa shape index (κ3) is 2.45. The second kappa shape index (κ2) is 5.09. The Bertz CT molecular complexity index is 630. The molecule has 0 amide bonds. The number of benzene rings is 1. The molecule has 2 aromatic rings. The van der Waals surface area contributed by atoms with Crippen LogP contribution in [0.1, 0.15) is 0 Å². The molecule has 0 unspecified atom stereocenters. The number of nitrogens with one attached hydrogen (secondary N) is 1. The van der Waals surface area contributed by atoms with Crippen molar-refractivity contribution in [1.29, 1.82) is 0 Å². The van der Waals surface area contributed by atoms with Crippen LogP contribution in [0.25, 0.3) is 11.4 Å². The molecule has 1 aromatic heterocycles. The molecule has 0 saturated carbocycles. The Morgan fingerprint density at radius 1 is 1.22 bits per heavy atom. The second-order valence-electron chi connectivity index (χ2n) is 3.33. The Morgan fingerprint density at radius 2 is 2.00 bits per heavy atom. The molecule has 0 aliphatic heterocycles. The van der Waals surface area contributed by atoms with Crippen molar-refractivity contribution >= 4 is 12.2 Å². The van der Waals surface area contributed by atoms with Gasteiger partial charge >= 0.3 is 0 Å². The molecule has 2 rings (SSSR count). The molecule has 1 N–H and O–H groups in total. The van der Waals surface area contributed by atoms with Crippen molar-refractivity contribution in [2.75, 3.05) is 14.2 Å². The van der Waals surface area contributed by atoms with Crippen LogP contribution in [-0.4, -0.2) is 29.2 Å². The first kappa shape index (κ1) is 12.4. The lowest BCUT2D eigenvalue weighted by Gasteiger charge is -2.08. The van der Waals surface area contributed by atoms with E-state index in [1.54, 1.807) is 0 Å². The quantitative estimate of drug-likeness (QED) is 0.865. The lowest BCUT2D eigenvalue weighted by Crippen LogP contribution is -1.99. The highest BCUT2D eigenvalue weighted by Gasteiger charge is 2.11. The van der Waals surface area contributed by atoms with E-state index in [4.69, 9.17) is 21.7 Å². The van der Waals surface area contributed by atoms with Gasteiger partial charge in [-0.25, -0.2) is 4.39 Å². The molecule has 0 aliphatic carbocycles. The van der Waals surface area contributed by atoms with Crippen LogP contribution in [0.4, 0.5) is 4.39 Å². The summed E-state index contributed by atoms with van der Waals surface area (Å²) >= 11 is 4.91. The Balaban J connectivity index is 2.64. The molecule has 18 heavy (non-hydrogen) atoms. The summed E-state index contributed by atoms with van der Waals surface area (Å²) < 4.78 is 23.5. The van der Waals surface area contributed by atoms with Gasteiger partial charge in [0.15, 0.2) is 0 Å². The molecule has 1 heterocycles. The summed E-state index contributed by atoms with van der Waals surface area (Å²) in [6.07, 6.45) is 0. The fourth-order valence-corrected chi connectivity index (χ4v) is 1.63. The molecular weight excluding hydrogens is 257 g/mol. The molecule has 0 fully saturated rings. The number of rotatable bonds is 3. The second-order valence-corrected chi connectivity index (χ2v) is 3.70. The summed E-state index contributed by atoms with van der Waals surface area (Å²) in [5, 5.41) is 0. The summed E-state index contributed by atoms with van der Waals surface area (Å²) in [4.78, 5) is 10.7. The van der Waals surface area contributed by atoms with Crippen molar-refractivity contribution < 1.29 is 13.9 Å². The maximum atomic E-state index is 13.3. The first-order valence-electron chi connectivity index (χ1n) is 5.00. The van der Waals surface area contributed by atoms with E-state index in [9.17, 15) is 4.39 Å². The van der Waals surface area contributed by atoms with Crippen LogP contribution in [0.15, 0.2) is 18.2 Å². The summed E-state index contributed by atoms with van der Waals surface area (Å²) in [6.45, 7) is 0. The van der Waals surface area contributed by atoms with Crippen LogP contribution in [0, 0.1) is 10.6 Å². The van der Waals surface area contributed by atoms with Crippen molar-refractivity contribution in [2.24, 2.45) is 0 Å². The zero-order chi connectivity index (χ0) is 13.1. The van der Waals surface area contributed by atoms with E-state index in [1.165, 1.54) is 32.4 Å². The lowest BCUT2D eigenvalue weighted by atomic mass is 10.2. The Kier molecular flexibility index (Phi) is 3.52. The van der Waals surface area contributed by atoms with Gasteiger partial charge in [0.1, 0.15) is 17.4 Å². The fraction of sp³-hybridized carbons (Fsp3) is 0.182. The molecule has 1 aromatic carbocycles. The number of ether oxygens (including phenoxy) is 2. The van der Waals surface area contributed by atoms with Crippen molar-refractivity contribution in [2.45, 2.75) is 0 Å². The van der Waals surface area contributed by atoms with Crippen molar-refractivity contribution in [3.63, 3.8) is 0 Å². The Morgan fingerprint density at radius 3 is 2.67 bits per heavy atom. The number of nitrogens with zero attached hydrogens (tertiary/aromatic N) is 2. The third-order valence-electron chi connectivity index (χ3n) is 2.24. The molecule has 5 nitrogen and oxygen atoms in total. The van der Waals surface area contributed by atoms with E-state index in [1.807, 2.05) is 0 Å². The van der Waals surface area contributed by atoms with Crippen molar-refractivity contribution in [3.8, 4) is 23.1 Å². The van der Waals surface area contributed by atoms with Gasteiger partial charge in [0, 0.05) is 0 Å². The lowest BCUT2D eigenvalue weighted by molar-refractivity contribution is 0.377. The van der Waals surface area contributed by atoms with E-state index in [-0.39, 0.29) is 10.8 Å². The minimum atomic E-state index is -0.400. The average Bonchev–Trinajstić information content (AvgIpc) is 2.38. The molecule has 0 spiro atoms. The highest BCUT2D eigenvalue weighted by molar-refractivity contribution is 7.71. The zero-order valence-corrected chi connectivity index (χ0v) is 10.5. The van der Waals surface area contributed by atoms with Gasteiger partial charge in [-0.05, 0) is 30.4 Å².